The topological polar surface area (TPSA) is 95.5 Å². The van der Waals surface area contributed by atoms with Gasteiger partial charge in [0.15, 0.2) is 0 Å². The molecule has 0 aliphatic carbocycles. The molecule has 21 heavy (non-hydrogen) atoms. The van der Waals surface area contributed by atoms with Crippen molar-refractivity contribution in [1.82, 2.24) is 0 Å². The molecule has 0 spiro atoms. The highest BCUT2D eigenvalue weighted by molar-refractivity contribution is 6.33. The lowest BCUT2D eigenvalue weighted by atomic mass is 10.2. The number of nitro groups is 2. The molecule has 0 aromatic heterocycles. The maximum atomic E-state index is 11.0. The average Bonchev–Trinajstić information content (AvgIpc) is 2.37. The maximum Gasteiger partial charge on any atom is 0.329 e. The van der Waals surface area contributed by atoms with E-state index < -0.39 is 21.2 Å². The number of nitro benzene ring substituents is 2. The predicted molar refractivity (Wildman–Crippen MR) is 76.3 cm³/mol. The van der Waals surface area contributed by atoms with Crippen molar-refractivity contribution in [3.05, 3.63) is 66.7 Å². The Morgan fingerprint density at radius 3 is 1.52 bits per heavy atom. The van der Waals surface area contributed by atoms with Gasteiger partial charge in [-0.2, -0.15) is 0 Å². The van der Waals surface area contributed by atoms with Crippen molar-refractivity contribution in [1.29, 1.82) is 0 Å². The molecule has 108 valence electrons. The smallest absolute Gasteiger partial charge is 0.329 e. The molecule has 0 bridgehead atoms. The molecule has 7 nitrogen and oxygen atoms in total. The van der Waals surface area contributed by atoms with Crippen LogP contribution in [0.4, 0.5) is 11.4 Å². The van der Waals surface area contributed by atoms with Crippen LogP contribution in [-0.4, -0.2) is 9.85 Å². The summed E-state index contributed by atoms with van der Waals surface area (Å²) in [5.74, 6) is -0.421. The summed E-state index contributed by atoms with van der Waals surface area (Å²) in [6.45, 7) is 0. The van der Waals surface area contributed by atoms with Crippen molar-refractivity contribution in [2.75, 3.05) is 0 Å². The van der Waals surface area contributed by atoms with Crippen LogP contribution in [0.25, 0.3) is 0 Å². The Morgan fingerprint density at radius 2 is 1.19 bits per heavy atom. The Labute approximate surface area is 128 Å². The number of halogens is 2. The average molecular weight is 329 g/mol. The van der Waals surface area contributed by atoms with E-state index in [2.05, 4.69) is 0 Å². The molecule has 0 unspecified atom stereocenters. The van der Waals surface area contributed by atoms with Crippen molar-refractivity contribution < 1.29 is 14.6 Å². The zero-order valence-electron chi connectivity index (χ0n) is 10.2. The minimum atomic E-state index is -0.728. The number of ether oxygens (including phenoxy) is 1. The van der Waals surface area contributed by atoms with Crippen LogP contribution in [0, 0.1) is 20.2 Å². The van der Waals surface area contributed by atoms with Crippen molar-refractivity contribution in [3.63, 3.8) is 0 Å². The lowest BCUT2D eigenvalue weighted by molar-refractivity contribution is -0.387. The number of benzene rings is 2. The third kappa shape index (κ3) is 3.04. The third-order valence-electron chi connectivity index (χ3n) is 2.48. The van der Waals surface area contributed by atoms with E-state index >= 15 is 0 Å². The summed E-state index contributed by atoms with van der Waals surface area (Å²) in [5, 5.41) is 21.7. The van der Waals surface area contributed by atoms with Crippen LogP contribution in [0.1, 0.15) is 0 Å². The van der Waals surface area contributed by atoms with Gasteiger partial charge in [-0.3, -0.25) is 20.2 Å². The van der Waals surface area contributed by atoms with Crippen molar-refractivity contribution in [3.8, 4) is 11.5 Å². The number of hydrogen-bond acceptors (Lipinski definition) is 5. The van der Waals surface area contributed by atoms with E-state index in [9.17, 15) is 20.2 Å². The zero-order valence-corrected chi connectivity index (χ0v) is 11.7. The van der Waals surface area contributed by atoms with Gasteiger partial charge in [0.1, 0.15) is 10.0 Å². The van der Waals surface area contributed by atoms with Gasteiger partial charge >= 0.3 is 11.4 Å². The molecule has 9 heteroatoms. The summed E-state index contributed by atoms with van der Waals surface area (Å²) in [5.41, 5.74) is -0.957. The van der Waals surface area contributed by atoms with E-state index in [1.807, 2.05) is 0 Å². The highest BCUT2D eigenvalue weighted by atomic mass is 35.5. The minimum absolute atomic E-state index is 0.137. The molecule has 0 saturated carbocycles. The first-order valence-corrected chi connectivity index (χ1v) is 6.21. The fourth-order valence-corrected chi connectivity index (χ4v) is 2.10. The van der Waals surface area contributed by atoms with E-state index in [-0.39, 0.29) is 21.5 Å². The second-order valence-corrected chi connectivity index (χ2v) is 4.60. The summed E-state index contributed by atoms with van der Waals surface area (Å²) in [6, 6.07) is 8.07. The lowest BCUT2D eigenvalue weighted by Crippen LogP contribution is -1.97. The summed E-state index contributed by atoms with van der Waals surface area (Å²) in [4.78, 5) is 20.5. The standard InChI is InChI=1S/C12H6Cl2N2O5/c13-7-3-1-5-9(11(7)15(17)18)21-10-6-2-4-8(14)12(10)16(19)20/h1-6H. The molecule has 2 aromatic rings. The molecule has 0 aliphatic rings. The van der Waals surface area contributed by atoms with Gasteiger partial charge in [0.05, 0.1) is 9.85 Å². The van der Waals surface area contributed by atoms with E-state index in [4.69, 9.17) is 27.9 Å². The van der Waals surface area contributed by atoms with Gasteiger partial charge in [-0.15, -0.1) is 0 Å². The minimum Gasteiger partial charge on any atom is -0.443 e. The van der Waals surface area contributed by atoms with Gasteiger partial charge in [-0.05, 0) is 24.3 Å². The fraction of sp³-hybridized carbons (Fsp3) is 0. The maximum absolute atomic E-state index is 11.0. The van der Waals surface area contributed by atoms with E-state index in [1.54, 1.807) is 0 Å². The molecule has 0 saturated heterocycles. The zero-order chi connectivity index (χ0) is 15.6. The van der Waals surface area contributed by atoms with Crippen molar-refractivity contribution >= 4 is 34.6 Å². The van der Waals surface area contributed by atoms with Gasteiger partial charge in [0.25, 0.3) is 0 Å². The number of hydrogen-bond donors (Lipinski definition) is 0. The van der Waals surface area contributed by atoms with Crippen LogP contribution < -0.4 is 4.74 Å². The molecule has 0 amide bonds. The van der Waals surface area contributed by atoms with E-state index in [0.717, 1.165) is 0 Å². The predicted octanol–water partition coefficient (Wildman–Crippen LogP) is 4.60. The van der Waals surface area contributed by atoms with Crippen molar-refractivity contribution in [2.45, 2.75) is 0 Å². The normalized spacial score (nSPS) is 10.2. The van der Waals surface area contributed by atoms with Crippen LogP contribution in [0.2, 0.25) is 10.0 Å². The van der Waals surface area contributed by atoms with Crippen LogP contribution >= 0.6 is 23.2 Å². The first-order chi connectivity index (χ1) is 9.91. The first-order valence-electron chi connectivity index (χ1n) is 5.45. The van der Waals surface area contributed by atoms with E-state index in [1.165, 1.54) is 36.4 Å². The molecule has 2 aromatic carbocycles. The second kappa shape index (κ2) is 5.94. The molecule has 0 radical (unpaired) electrons. The van der Waals surface area contributed by atoms with Crippen LogP contribution in [0.5, 0.6) is 11.5 Å². The third-order valence-corrected chi connectivity index (χ3v) is 3.09. The van der Waals surface area contributed by atoms with Crippen molar-refractivity contribution in [2.24, 2.45) is 0 Å². The number of nitrogens with zero attached hydrogens (tertiary/aromatic N) is 2. The van der Waals surface area contributed by atoms with Gasteiger partial charge < -0.3 is 4.74 Å². The first kappa shape index (κ1) is 15.0. The SMILES string of the molecule is O=[N+]([O-])c1c(Cl)cccc1Oc1cccc(Cl)c1[N+](=O)[O-]. The molecule has 2 rings (SSSR count). The molecule has 0 heterocycles. The molecular weight excluding hydrogens is 323 g/mol. The highest BCUT2D eigenvalue weighted by Crippen LogP contribution is 2.41. The van der Waals surface area contributed by atoms with Gasteiger partial charge in [0.2, 0.25) is 11.5 Å². The highest BCUT2D eigenvalue weighted by Gasteiger charge is 2.25. The van der Waals surface area contributed by atoms with Gasteiger partial charge in [-0.25, -0.2) is 0 Å². The molecule has 0 atom stereocenters. The van der Waals surface area contributed by atoms with Crippen LogP contribution in [-0.2, 0) is 0 Å². The number of para-hydroxylation sites is 2. The molecule has 0 N–H and O–H groups in total. The van der Waals surface area contributed by atoms with Gasteiger partial charge in [-0.1, -0.05) is 35.3 Å². The Morgan fingerprint density at radius 1 is 0.810 bits per heavy atom. The second-order valence-electron chi connectivity index (χ2n) is 3.79. The lowest BCUT2D eigenvalue weighted by Gasteiger charge is -2.08. The quantitative estimate of drug-likeness (QED) is 0.603. The summed E-state index contributed by atoms with van der Waals surface area (Å²) in [6.07, 6.45) is 0. The van der Waals surface area contributed by atoms with Crippen LogP contribution in [0.15, 0.2) is 36.4 Å². The van der Waals surface area contributed by atoms with Gasteiger partial charge in [0, 0.05) is 0 Å². The molecule has 0 aliphatic heterocycles. The van der Waals surface area contributed by atoms with E-state index in [0.29, 0.717) is 0 Å². The molecular formula is C12H6Cl2N2O5. The Kier molecular flexibility index (Phi) is 4.25. The Balaban J connectivity index is 2.54. The van der Waals surface area contributed by atoms with Crippen LogP contribution in [0.3, 0.4) is 0 Å². The summed E-state index contributed by atoms with van der Waals surface area (Å²) in [7, 11) is 0. The summed E-state index contributed by atoms with van der Waals surface area (Å²) < 4.78 is 5.27. The largest absolute Gasteiger partial charge is 0.443 e. The monoisotopic (exact) mass is 328 g/mol. The Hall–Kier alpha value is -2.38. The molecule has 0 fully saturated rings. The number of rotatable bonds is 4. The Bertz CT molecular complexity index is 674. The summed E-state index contributed by atoms with van der Waals surface area (Å²) >= 11 is 11.5. The fourth-order valence-electron chi connectivity index (χ4n) is 1.63.